The Kier molecular flexibility index (Phi) is 7.93. The van der Waals surface area contributed by atoms with Gasteiger partial charge in [0, 0.05) is 20.2 Å². The third-order valence-electron chi connectivity index (χ3n) is 2.44. The van der Waals surface area contributed by atoms with Crippen LogP contribution in [0.3, 0.4) is 0 Å². The Labute approximate surface area is 117 Å². The molecule has 0 aromatic heterocycles. The molecule has 0 amide bonds. The molecule has 1 aromatic rings. The van der Waals surface area contributed by atoms with E-state index >= 15 is 0 Å². The third kappa shape index (κ3) is 6.84. The van der Waals surface area contributed by atoms with Crippen LogP contribution in [0.2, 0.25) is 5.02 Å². The van der Waals surface area contributed by atoms with Gasteiger partial charge < -0.3 is 19.9 Å². The van der Waals surface area contributed by atoms with Crippen molar-refractivity contribution in [3.63, 3.8) is 0 Å². The van der Waals surface area contributed by atoms with Crippen LogP contribution in [-0.2, 0) is 16.0 Å². The lowest BCUT2D eigenvalue weighted by Gasteiger charge is -2.12. The second-order valence-electron chi connectivity index (χ2n) is 4.10. The number of methoxy groups -OCH3 is 1. The van der Waals surface area contributed by atoms with Gasteiger partial charge in [-0.3, -0.25) is 0 Å². The van der Waals surface area contributed by atoms with Crippen LogP contribution in [-0.4, -0.2) is 44.7 Å². The summed E-state index contributed by atoms with van der Waals surface area (Å²) in [5, 5.41) is 12.8. The number of nitrogens with one attached hydrogen (secondary N) is 1. The summed E-state index contributed by atoms with van der Waals surface area (Å²) in [6, 6.07) is 4.53. The molecule has 1 rings (SSSR count). The first-order valence-electron chi connectivity index (χ1n) is 6.03. The standard InChI is InChI=1S/C13H19ClFNO3/c1-18-4-5-19-9-11(17)8-16-7-10-2-3-13(15)12(14)6-10/h2-3,6,11,16-17H,4-5,7-9H2,1H3. The maximum absolute atomic E-state index is 12.9. The summed E-state index contributed by atoms with van der Waals surface area (Å²) in [5.74, 6) is -0.433. The first-order chi connectivity index (χ1) is 9.13. The average molecular weight is 292 g/mol. The number of rotatable bonds is 9. The van der Waals surface area contributed by atoms with Crippen LogP contribution in [0, 0.1) is 5.82 Å². The van der Waals surface area contributed by atoms with E-state index in [4.69, 9.17) is 21.1 Å². The fourth-order valence-corrected chi connectivity index (χ4v) is 1.66. The van der Waals surface area contributed by atoms with Crippen molar-refractivity contribution in [3.8, 4) is 0 Å². The van der Waals surface area contributed by atoms with E-state index in [1.54, 1.807) is 19.2 Å². The molecular weight excluding hydrogens is 273 g/mol. The van der Waals surface area contributed by atoms with Crippen molar-refractivity contribution in [1.29, 1.82) is 0 Å². The quantitative estimate of drug-likeness (QED) is 0.679. The van der Waals surface area contributed by atoms with Crippen molar-refractivity contribution in [3.05, 3.63) is 34.6 Å². The molecule has 0 fully saturated rings. The first kappa shape index (κ1) is 16.3. The lowest BCUT2D eigenvalue weighted by molar-refractivity contribution is 0.0137. The summed E-state index contributed by atoms with van der Waals surface area (Å²) in [6.07, 6.45) is -0.590. The van der Waals surface area contributed by atoms with Crippen LogP contribution < -0.4 is 5.32 Å². The highest BCUT2D eigenvalue weighted by Gasteiger charge is 2.05. The molecule has 0 saturated heterocycles. The predicted octanol–water partition coefficient (Wildman–Crippen LogP) is 1.59. The van der Waals surface area contributed by atoms with E-state index in [1.807, 2.05) is 0 Å². The number of aliphatic hydroxyl groups is 1. The monoisotopic (exact) mass is 291 g/mol. The summed E-state index contributed by atoms with van der Waals surface area (Å²) in [4.78, 5) is 0. The van der Waals surface area contributed by atoms with E-state index in [0.29, 0.717) is 26.3 Å². The minimum atomic E-state index is -0.590. The Hall–Kier alpha value is -0.720. The van der Waals surface area contributed by atoms with Gasteiger partial charge in [-0.15, -0.1) is 0 Å². The maximum Gasteiger partial charge on any atom is 0.141 e. The van der Waals surface area contributed by atoms with E-state index in [0.717, 1.165) is 5.56 Å². The molecule has 19 heavy (non-hydrogen) atoms. The topological polar surface area (TPSA) is 50.7 Å². The van der Waals surface area contributed by atoms with Gasteiger partial charge in [-0.1, -0.05) is 17.7 Å². The van der Waals surface area contributed by atoms with E-state index in [-0.39, 0.29) is 11.6 Å². The van der Waals surface area contributed by atoms with E-state index in [9.17, 15) is 9.50 Å². The number of ether oxygens (including phenoxy) is 2. The Morgan fingerprint density at radius 1 is 1.42 bits per heavy atom. The molecule has 1 unspecified atom stereocenters. The SMILES string of the molecule is COCCOCC(O)CNCc1ccc(F)c(Cl)c1. The van der Waals surface area contributed by atoms with E-state index in [1.165, 1.54) is 6.07 Å². The highest BCUT2D eigenvalue weighted by Crippen LogP contribution is 2.15. The van der Waals surface area contributed by atoms with Crippen molar-refractivity contribution in [2.75, 3.05) is 33.5 Å². The van der Waals surface area contributed by atoms with Crippen LogP contribution in [0.25, 0.3) is 0 Å². The lowest BCUT2D eigenvalue weighted by atomic mass is 10.2. The maximum atomic E-state index is 12.9. The Morgan fingerprint density at radius 2 is 2.21 bits per heavy atom. The average Bonchev–Trinajstić information content (AvgIpc) is 2.39. The summed E-state index contributed by atoms with van der Waals surface area (Å²) in [5.41, 5.74) is 0.860. The molecule has 2 N–H and O–H groups in total. The zero-order valence-corrected chi connectivity index (χ0v) is 11.6. The molecule has 0 spiro atoms. The lowest BCUT2D eigenvalue weighted by Crippen LogP contribution is -2.30. The van der Waals surface area contributed by atoms with E-state index < -0.39 is 11.9 Å². The van der Waals surface area contributed by atoms with Crippen molar-refractivity contribution in [2.45, 2.75) is 12.6 Å². The van der Waals surface area contributed by atoms with E-state index in [2.05, 4.69) is 5.32 Å². The second kappa shape index (κ2) is 9.23. The minimum absolute atomic E-state index is 0.0998. The van der Waals surface area contributed by atoms with Gasteiger partial charge in [-0.05, 0) is 17.7 Å². The molecule has 0 aliphatic heterocycles. The summed E-state index contributed by atoms with van der Waals surface area (Å²) in [6.45, 7) is 2.12. The highest BCUT2D eigenvalue weighted by atomic mass is 35.5. The normalized spacial score (nSPS) is 12.6. The molecule has 0 heterocycles. The van der Waals surface area contributed by atoms with Crippen molar-refractivity contribution in [1.82, 2.24) is 5.32 Å². The number of hydrogen-bond donors (Lipinski definition) is 2. The molecule has 1 atom stereocenters. The van der Waals surface area contributed by atoms with Crippen LogP contribution >= 0.6 is 11.6 Å². The number of benzene rings is 1. The number of halogens is 2. The smallest absolute Gasteiger partial charge is 0.141 e. The fourth-order valence-electron chi connectivity index (χ4n) is 1.45. The molecule has 6 heteroatoms. The number of aliphatic hydroxyl groups excluding tert-OH is 1. The van der Waals surface area contributed by atoms with Gasteiger partial charge >= 0.3 is 0 Å². The van der Waals surface area contributed by atoms with Crippen molar-refractivity contribution >= 4 is 11.6 Å². The molecular formula is C13H19ClFNO3. The van der Waals surface area contributed by atoms with Gasteiger partial charge in [-0.2, -0.15) is 0 Å². The van der Waals surface area contributed by atoms with Gasteiger partial charge in [0.25, 0.3) is 0 Å². The molecule has 0 aliphatic carbocycles. The molecule has 0 bridgehead atoms. The Balaban J connectivity index is 2.17. The fraction of sp³-hybridized carbons (Fsp3) is 0.538. The van der Waals surface area contributed by atoms with Crippen LogP contribution in [0.15, 0.2) is 18.2 Å². The summed E-state index contributed by atoms with van der Waals surface area (Å²) >= 11 is 5.67. The van der Waals surface area contributed by atoms with Gasteiger partial charge in [0.05, 0.1) is 30.9 Å². The third-order valence-corrected chi connectivity index (χ3v) is 2.72. The highest BCUT2D eigenvalue weighted by molar-refractivity contribution is 6.30. The largest absolute Gasteiger partial charge is 0.389 e. The molecule has 4 nitrogen and oxygen atoms in total. The molecule has 0 radical (unpaired) electrons. The zero-order chi connectivity index (χ0) is 14.1. The zero-order valence-electron chi connectivity index (χ0n) is 10.9. The van der Waals surface area contributed by atoms with Gasteiger partial charge in [-0.25, -0.2) is 4.39 Å². The molecule has 0 aliphatic rings. The van der Waals surface area contributed by atoms with Crippen LogP contribution in [0.4, 0.5) is 4.39 Å². The Morgan fingerprint density at radius 3 is 2.89 bits per heavy atom. The summed E-state index contributed by atoms with van der Waals surface area (Å²) < 4.78 is 22.9. The number of hydrogen-bond acceptors (Lipinski definition) is 4. The molecule has 0 saturated carbocycles. The second-order valence-corrected chi connectivity index (χ2v) is 4.51. The van der Waals surface area contributed by atoms with Crippen LogP contribution in [0.1, 0.15) is 5.56 Å². The van der Waals surface area contributed by atoms with Gasteiger partial charge in [0.1, 0.15) is 5.82 Å². The molecule has 108 valence electrons. The van der Waals surface area contributed by atoms with Crippen molar-refractivity contribution < 1.29 is 19.0 Å². The predicted molar refractivity (Wildman–Crippen MR) is 71.8 cm³/mol. The van der Waals surface area contributed by atoms with Crippen LogP contribution in [0.5, 0.6) is 0 Å². The minimum Gasteiger partial charge on any atom is -0.389 e. The van der Waals surface area contributed by atoms with Gasteiger partial charge in [0.2, 0.25) is 0 Å². The first-order valence-corrected chi connectivity index (χ1v) is 6.40. The Bertz CT molecular complexity index is 379. The molecule has 1 aromatic carbocycles. The van der Waals surface area contributed by atoms with Crippen molar-refractivity contribution in [2.24, 2.45) is 0 Å². The summed E-state index contributed by atoms with van der Waals surface area (Å²) in [7, 11) is 1.59. The van der Waals surface area contributed by atoms with Gasteiger partial charge in [0.15, 0.2) is 0 Å².